The van der Waals surface area contributed by atoms with Gasteiger partial charge in [0.25, 0.3) is 5.91 Å². The number of amides is 1. The summed E-state index contributed by atoms with van der Waals surface area (Å²) >= 11 is 8.77. The molecule has 2 heterocycles. The molecule has 0 saturated heterocycles. The van der Waals surface area contributed by atoms with Crippen LogP contribution < -0.4 is 0 Å². The summed E-state index contributed by atoms with van der Waals surface area (Å²) in [5.74, 6) is -0.0786. The van der Waals surface area contributed by atoms with E-state index in [1.54, 1.807) is 19.5 Å². The highest BCUT2D eigenvalue weighted by Crippen LogP contribution is 2.32. The second-order valence-corrected chi connectivity index (χ2v) is 5.91. The summed E-state index contributed by atoms with van der Waals surface area (Å²) in [7, 11) is 3.42. The summed E-state index contributed by atoms with van der Waals surface area (Å²) in [6.07, 6.45) is 0. The van der Waals surface area contributed by atoms with Crippen LogP contribution in [0.15, 0.2) is 17.5 Å². The van der Waals surface area contributed by atoms with E-state index in [-0.39, 0.29) is 5.91 Å². The molecule has 0 aliphatic rings. The summed E-state index contributed by atoms with van der Waals surface area (Å²) in [5, 5.41) is 2.60. The van der Waals surface area contributed by atoms with Gasteiger partial charge in [0, 0.05) is 19.5 Å². The van der Waals surface area contributed by atoms with Gasteiger partial charge < -0.3 is 4.90 Å². The number of thiazole rings is 1. The maximum Gasteiger partial charge on any atom is 0.272 e. The molecule has 0 bridgehead atoms. The number of nitrogens with zero attached hydrogens (tertiary/aromatic N) is 2. The summed E-state index contributed by atoms with van der Waals surface area (Å²) in [6, 6.07) is 3.74. The number of carbonyl (C=O) groups excluding carboxylic acids is 1. The molecule has 0 aromatic carbocycles. The van der Waals surface area contributed by atoms with Crippen LogP contribution in [0, 0.1) is 0 Å². The Morgan fingerprint density at radius 1 is 1.44 bits per heavy atom. The lowest BCUT2D eigenvalue weighted by molar-refractivity contribution is 0.0823. The van der Waals surface area contributed by atoms with Gasteiger partial charge in [0.2, 0.25) is 0 Å². The molecular weight excluding hydrogens is 264 g/mol. The fourth-order valence-electron chi connectivity index (χ4n) is 1.14. The van der Waals surface area contributed by atoms with Crippen LogP contribution in [0.3, 0.4) is 0 Å². The SMILES string of the molecule is CN(C)C(=O)c1csc(-c2ccc(Cl)s2)n1. The summed E-state index contributed by atoms with van der Waals surface area (Å²) in [5.41, 5.74) is 0.481. The summed E-state index contributed by atoms with van der Waals surface area (Å²) in [4.78, 5) is 18.4. The van der Waals surface area contributed by atoms with Crippen molar-refractivity contribution in [3.8, 4) is 9.88 Å². The van der Waals surface area contributed by atoms with Crippen LogP contribution in [0.1, 0.15) is 10.5 Å². The number of rotatable bonds is 2. The second kappa shape index (κ2) is 4.53. The fourth-order valence-corrected chi connectivity index (χ4v) is 3.05. The van der Waals surface area contributed by atoms with Crippen LogP contribution in [0.4, 0.5) is 0 Å². The third-order valence-corrected chi connectivity index (χ3v) is 4.16. The predicted octanol–water partition coefficient (Wildman–Crippen LogP) is 3.23. The molecule has 0 fully saturated rings. The molecule has 2 aromatic rings. The van der Waals surface area contributed by atoms with Crippen molar-refractivity contribution in [2.45, 2.75) is 0 Å². The normalized spacial score (nSPS) is 10.4. The van der Waals surface area contributed by atoms with Crippen LogP contribution in [-0.4, -0.2) is 29.9 Å². The highest BCUT2D eigenvalue weighted by atomic mass is 35.5. The van der Waals surface area contributed by atoms with E-state index < -0.39 is 0 Å². The monoisotopic (exact) mass is 272 g/mol. The number of hydrogen-bond acceptors (Lipinski definition) is 4. The quantitative estimate of drug-likeness (QED) is 0.841. The van der Waals surface area contributed by atoms with Gasteiger partial charge in [0.15, 0.2) is 0 Å². The zero-order valence-corrected chi connectivity index (χ0v) is 11.1. The molecule has 2 aromatic heterocycles. The van der Waals surface area contributed by atoms with Crippen LogP contribution in [0.2, 0.25) is 4.34 Å². The van der Waals surface area contributed by atoms with Gasteiger partial charge >= 0.3 is 0 Å². The van der Waals surface area contributed by atoms with Crippen molar-refractivity contribution < 1.29 is 4.79 Å². The van der Waals surface area contributed by atoms with E-state index in [4.69, 9.17) is 11.6 Å². The van der Waals surface area contributed by atoms with E-state index in [9.17, 15) is 4.79 Å². The molecule has 0 radical (unpaired) electrons. The highest BCUT2D eigenvalue weighted by molar-refractivity contribution is 7.23. The van der Waals surface area contributed by atoms with Crippen molar-refractivity contribution in [2.75, 3.05) is 14.1 Å². The Bertz CT molecular complexity index is 518. The van der Waals surface area contributed by atoms with Crippen LogP contribution in [0.25, 0.3) is 9.88 Å². The van der Waals surface area contributed by atoms with E-state index >= 15 is 0 Å². The minimum atomic E-state index is -0.0786. The van der Waals surface area contributed by atoms with Crippen molar-refractivity contribution in [3.63, 3.8) is 0 Å². The van der Waals surface area contributed by atoms with Crippen molar-refractivity contribution >= 4 is 40.2 Å². The molecule has 2 rings (SSSR count). The van der Waals surface area contributed by atoms with E-state index in [0.29, 0.717) is 5.69 Å². The minimum absolute atomic E-state index is 0.0786. The molecule has 16 heavy (non-hydrogen) atoms. The van der Waals surface area contributed by atoms with E-state index in [2.05, 4.69) is 4.98 Å². The van der Waals surface area contributed by atoms with Gasteiger partial charge in [-0.15, -0.1) is 22.7 Å². The molecular formula is C10H9ClN2OS2. The second-order valence-electron chi connectivity index (χ2n) is 3.34. The van der Waals surface area contributed by atoms with Gasteiger partial charge in [-0.2, -0.15) is 0 Å². The average molecular weight is 273 g/mol. The van der Waals surface area contributed by atoms with Crippen LogP contribution in [0.5, 0.6) is 0 Å². The number of thiophene rings is 1. The van der Waals surface area contributed by atoms with Gasteiger partial charge in [-0.05, 0) is 12.1 Å². The Morgan fingerprint density at radius 2 is 2.19 bits per heavy atom. The number of halogens is 1. The van der Waals surface area contributed by atoms with E-state index in [1.165, 1.54) is 27.6 Å². The van der Waals surface area contributed by atoms with E-state index in [1.807, 2.05) is 12.1 Å². The first-order valence-electron chi connectivity index (χ1n) is 4.51. The first-order chi connectivity index (χ1) is 7.58. The first-order valence-corrected chi connectivity index (χ1v) is 6.58. The smallest absolute Gasteiger partial charge is 0.272 e. The number of hydrogen-bond donors (Lipinski definition) is 0. The van der Waals surface area contributed by atoms with Gasteiger partial charge in [-0.3, -0.25) is 4.79 Å². The standard InChI is InChI=1S/C10H9ClN2OS2/c1-13(2)10(14)6-5-15-9(12-6)7-3-4-8(11)16-7/h3-5H,1-2H3. The lowest BCUT2D eigenvalue weighted by Gasteiger charge is -2.06. The zero-order chi connectivity index (χ0) is 11.7. The van der Waals surface area contributed by atoms with Gasteiger partial charge in [0.1, 0.15) is 10.7 Å². The van der Waals surface area contributed by atoms with Crippen LogP contribution in [-0.2, 0) is 0 Å². The maximum atomic E-state index is 11.6. The Hall–Kier alpha value is -0.910. The lowest BCUT2D eigenvalue weighted by atomic mass is 10.4. The third kappa shape index (κ3) is 2.26. The third-order valence-electron chi connectivity index (χ3n) is 1.91. The molecule has 0 aliphatic carbocycles. The topological polar surface area (TPSA) is 33.2 Å². The molecule has 6 heteroatoms. The van der Waals surface area contributed by atoms with Crippen molar-refractivity contribution in [3.05, 3.63) is 27.5 Å². The molecule has 84 valence electrons. The van der Waals surface area contributed by atoms with Crippen LogP contribution >= 0.6 is 34.3 Å². The molecule has 1 amide bonds. The Kier molecular flexibility index (Phi) is 3.28. The highest BCUT2D eigenvalue weighted by Gasteiger charge is 2.14. The predicted molar refractivity (Wildman–Crippen MR) is 68.5 cm³/mol. The molecule has 0 spiro atoms. The summed E-state index contributed by atoms with van der Waals surface area (Å²) in [6.45, 7) is 0. The van der Waals surface area contributed by atoms with E-state index in [0.717, 1.165) is 14.2 Å². The Balaban J connectivity index is 2.29. The van der Waals surface area contributed by atoms with Gasteiger partial charge in [-0.25, -0.2) is 4.98 Å². The maximum absolute atomic E-state index is 11.6. The zero-order valence-electron chi connectivity index (χ0n) is 8.73. The fraction of sp³-hybridized carbons (Fsp3) is 0.200. The number of aromatic nitrogens is 1. The molecule has 0 N–H and O–H groups in total. The number of carbonyl (C=O) groups is 1. The molecule has 0 aliphatic heterocycles. The Labute approximate surface area is 106 Å². The molecule has 3 nitrogen and oxygen atoms in total. The van der Waals surface area contributed by atoms with Gasteiger partial charge in [-0.1, -0.05) is 11.6 Å². The summed E-state index contributed by atoms with van der Waals surface area (Å²) < 4.78 is 0.727. The van der Waals surface area contributed by atoms with Gasteiger partial charge in [0.05, 0.1) is 9.21 Å². The Morgan fingerprint density at radius 3 is 2.75 bits per heavy atom. The molecule has 0 atom stereocenters. The molecule has 0 unspecified atom stereocenters. The van der Waals surface area contributed by atoms with Crippen molar-refractivity contribution in [1.29, 1.82) is 0 Å². The first kappa shape index (κ1) is 11.6. The lowest BCUT2D eigenvalue weighted by Crippen LogP contribution is -2.21. The van der Waals surface area contributed by atoms with Crippen molar-refractivity contribution in [2.24, 2.45) is 0 Å². The average Bonchev–Trinajstić information content (AvgIpc) is 2.84. The molecule has 0 saturated carbocycles. The minimum Gasteiger partial charge on any atom is -0.343 e. The van der Waals surface area contributed by atoms with Crippen molar-refractivity contribution in [1.82, 2.24) is 9.88 Å². The largest absolute Gasteiger partial charge is 0.343 e.